The van der Waals surface area contributed by atoms with E-state index in [9.17, 15) is 10.5 Å². The third kappa shape index (κ3) is 6.51. The Hall–Kier alpha value is -10.6. The molecule has 0 aliphatic carbocycles. The molecule has 16 aromatic rings. The number of para-hydroxylation sites is 6. The molecule has 16 rings (SSSR count). The highest BCUT2D eigenvalue weighted by Crippen LogP contribution is 2.57. The summed E-state index contributed by atoms with van der Waals surface area (Å²) in [5.74, 6) is 0. The summed E-state index contributed by atoms with van der Waals surface area (Å²) >= 11 is 0. The normalized spacial score (nSPS) is 12.4. The fourth-order valence-electron chi connectivity index (χ4n) is 14.1. The second-order valence-electron chi connectivity index (χ2n) is 23.3. The standard InChI is InChI=1S/C75H51N5O2/c1-74(2,3)67-70(78-58-30-12-6-26-50(58)54-36-38-56-52-28-10-16-34-62(52)81-72(56)68(54)78)64(46-22-18-20-44(40-46)42-76)66(75(4,5)80-60-32-14-8-24-48(60)49-25-9-15-33-61(49)80)65(47-23-19-21-45(41-47)43-77)71(67)79-59-31-13-7-27-51(59)55-37-39-57-53-29-11-17-35-63(53)82-73(57)69(55)79/h6-41H,1-5H3. The first-order valence-corrected chi connectivity index (χ1v) is 28.0. The van der Waals surface area contributed by atoms with Crippen molar-refractivity contribution in [2.75, 3.05) is 0 Å². The molecule has 0 aliphatic heterocycles. The molecule has 0 saturated carbocycles. The van der Waals surface area contributed by atoms with Gasteiger partial charge in [0.2, 0.25) is 0 Å². The van der Waals surface area contributed by atoms with Gasteiger partial charge in [-0.15, -0.1) is 0 Å². The van der Waals surface area contributed by atoms with E-state index in [2.05, 4.69) is 242 Å². The quantitative estimate of drug-likeness (QED) is 0.166. The van der Waals surface area contributed by atoms with Crippen molar-refractivity contribution < 1.29 is 8.83 Å². The molecule has 0 fully saturated rings. The van der Waals surface area contributed by atoms with Crippen molar-refractivity contribution in [3.63, 3.8) is 0 Å². The summed E-state index contributed by atoms with van der Waals surface area (Å²) in [7, 11) is 0. The van der Waals surface area contributed by atoms with Crippen LogP contribution in [0.4, 0.5) is 0 Å². The molecular weight excluding hydrogens is 1000 g/mol. The van der Waals surface area contributed by atoms with Gasteiger partial charge in [0.15, 0.2) is 11.2 Å². The molecule has 0 radical (unpaired) electrons. The second-order valence-corrected chi connectivity index (χ2v) is 23.3. The van der Waals surface area contributed by atoms with E-state index in [1.54, 1.807) is 0 Å². The summed E-state index contributed by atoms with van der Waals surface area (Å²) in [6.07, 6.45) is 0. The van der Waals surface area contributed by atoms with Gasteiger partial charge in [-0.1, -0.05) is 166 Å². The molecule has 0 atom stereocenters. The summed E-state index contributed by atoms with van der Waals surface area (Å²) < 4.78 is 22.0. The molecule has 5 aromatic heterocycles. The Morgan fingerprint density at radius 2 is 0.720 bits per heavy atom. The fraction of sp³-hybridized carbons (Fsp3) is 0.0933. The van der Waals surface area contributed by atoms with E-state index >= 15 is 0 Å². The molecular formula is C75H51N5O2. The Labute approximate surface area is 471 Å². The zero-order valence-electron chi connectivity index (χ0n) is 45.8. The fourth-order valence-corrected chi connectivity index (χ4v) is 14.1. The predicted molar refractivity (Wildman–Crippen MR) is 337 cm³/mol. The largest absolute Gasteiger partial charge is 0.454 e. The van der Waals surface area contributed by atoms with Crippen LogP contribution in [0, 0.1) is 22.7 Å². The van der Waals surface area contributed by atoms with E-state index < -0.39 is 11.0 Å². The number of furan rings is 2. The maximum absolute atomic E-state index is 11.0. The first-order valence-electron chi connectivity index (χ1n) is 28.0. The van der Waals surface area contributed by atoms with E-state index in [4.69, 9.17) is 8.83 Å². The summed E-state index contributed by atoms with van der Waals surface area (Å²) in [5, 5.41) is 32.7. The van der Waals surface area contributed by atoms with Gasteiger partial charge in [0.25, 0.3) is 0 Å². The molecule has 11 aromatic carbocycles. The molecule has 5 heterocycles. The monoisotopic (exact) mass is 1050 g/mol. The van der Waals surface area contributed by atoms with Crippen LogP contribution in [0.1, 0.15) is 56.9 Å². The number of aromatic nitrogens is 3. The Morgan fingerprint density at radius 3 is 1.13 bits per heavy atom. The highest BCUT2D eigenvalue weighted by molar-refractivity contribution is 6.24. The van der Waals surface area contributed by atoms with Crippen LogP contribution in [0.5, 0.6) is 0 Å². The van der Waals surface area contributed by atoms with Gasteiger partial charge >= 0.3 is 0 Å². The molecule has 82 heavy (non-hydrogen) atoms. The predicted octanol–water partition coefficient (Wildman–Crippen LogP) is 19.9. The molecule has 0 unspecified atom stereocenters. The Morgan fingerprint density at radius 1 is 0.354 bits per heavy atom. The smallest absolute Gasteiger partial charge is 0.160 e. The van der Waals surface area contributed by atoms with Crippen LogP contribution < -0.4 is 0 Å². The number of nitriles is 2. The molecule has 0 spiro atoms. The SMILES string of the molecule is CC(C)(C)c1c(-n2c3ccccc3c3ccc4c5ccccc5oc4c32)c(-c2cccc(C#N)c2)c(C(C)(C)n2c3ccccc3c3ccccc32)c(-c2cccc(C#N)c2)c1-n1c2ccccc2c2ccc3c4ccccc4oc3c21. The molecule has 0 aliphatic rings. The van der Waals surface area contributed by atoms with Crippen LogP contribution in [0.2, 0.25) is 0 Å². The van der Waals surface area contributed by atoms with Crippen LogP contribution in [-0.4, -0.2) is 13.7 Å². The lowest BCUT2D eigenvalue weighted by molar-refractivity contribution is 0.466. The van der Waals surface area contributed by atoms with E-state index in [0.717, 1.165) is 154 Å². The molecule has 0 N–H and O–H groups in total. The van der Waals surface area contributed by atoms with Crippen LogP contribution in [0.15, 0.2) is 227 Å². The van der Waals surface area contributed by atoms with Gasteiger partial charge in [0.1, 0.15) is 11.2 Å². The lowest BCUT2D eigenvalue weighted by atomic mass is 9.72. The summed E-state index contributed by atoms with van der Waals surface area (Å²) in [5.41, 5.74) is 16.2. The van der Waals surface area contributed by atoms with Crippen molar-refractivity contribution in [2.45, 2.75) is 45.6 Å². The van der Waals surface area contributed by atoms with Crippen LogP contribution in [0.3, 0.4) is 0 Å². The first kappa shape index (κ1) is 47.4. The maximum Gasteiger partial charge on any atom is 0.160 e. The highest BCUT2D eigenvalue weighted by atomic mass is 16.3. The third-order valence-electron chi connectivity index (χ3n) is 17.3. The molecule has 0 amide bonds. The zero-order valence-corrected chi connectivity index (χ0v) is 45.8. The lowest BCUT2D eigenvalue weighted by Crippen LogP contribution is -2.32. The molecule has 7 heteroatoms. The Kier molecular flexibility index (Phi) is 9.94. The molecule has 0 saturated heterocycles. The second kappa shape index (κ2) is 17.2. The lowest BCUT2D eigenvalue weighted by Gasteiger charge is -2.40. The van der Waals surface area contributed by atoms with Gasteiger partial charge in [0, 0.05) is 81.6 Å². The van der Waals surface area contributed by atoms with Crippen molar-refractivity contribution in [2.24, 2.45) is 0 Å². The van der Waals surface area contributed by atoms with Gasteiger partial charge in [0.05, 0.1) is 62.2 Å². The number of benzene rings is 11. The molecule has 7 nitrogen and oxygen atoms in total. The van der Waals surface area contributed by atoms with Gasteiger partial charge in [-0.3, -0.25) is 0 Å². The average molecular weight is 1050 g/mol. The van der Waals surface area contributed by atoms with Crippen molar-refractivity contribution >= 4 is 109 Å². The number of nitrogens with zero attached hydrogens (tertiary/aromatic N) is 5. The minimum Gasteiger partial charge on any atom is -0.454 e. The topological polar surface area (TPSA) is 88.6 Å². The van der Waals surface area contributed by atoms with Crippen molar-refractivity contribution in [1.29, 1.82) is 10.5 Å². The van der Waals surface area contributed by atoms with Crippen molar-refractivity contribution in [3.8, 4) is 45.8 Å². The van der Waals surface area contributed by atoms with E-state index in [-0.39, 0.29) is 0 Å². The van der Waals surface area contributed by atoms with Gasteiger partial charge < -0.3 is 22.5 Å². The Bertz CT molecular complexity index is 5190. The summed E-state index contributed by atoms with van der Waals surface area (Å²) in [6, 6.07) is 81.9. The van der Waals surface area contributed by atoms with Crippen LogP contribution in [-0.2, 0) is 11.0 Å². The summed E-state index contributed by atoms with van der Waals surface area (Å²) in [6.45, 7) is 11.7. The van der Waals surface area contributed by atoms with Crippen molar-refractivity contribution in [1.82, 2.24) is 13.7 Å². The number of rotatable bonds is 6. The Balaban J connectivity index is 1.27. The number of hydrogen-bond acceptors (Lipinski definition) is 4. The van der Waals surface area contributed by atoms with Gasteiger partial charge in [-0.05, 0) is 109 Å². The summed E-state index contributed by atoms with van der Waals surface area (Å²) in [4.78, 5) is 0. The number of fused-ring (bicyclic) bond motifs is 17. The third-order valence-corrected chi connectivity index (χ3v) is 17.3. The van der Waals surface area contributed by atoms with Crippen LogP contribution in [0.25, 0.3) is 143 Å². The van der Waals surface area contributed by atoms with Crippen molar-refractivity contribution in [3.05, 3.63) is 241 Å². The average Bonchev–Trinajstić information content (AvgIpc) is 4.26. The van der Waals surface area contributed by atoms with Gasteiger partial charge in [-0.25, -0.2) is 0 Å². The van der Waals surface area contributed by atoms with E-state index in [1.165, 1.54) is 0 Å². The van der Waals surface area contributed by atoms with Gasteiger partial charge in [-0.2, -0.15) is 10.5 Å². The molecule has 388 valence electrons. The zero-order chi connectivity index (χ0) is 55.3. The van der Waals surface area contributed by atoms with Crippen LogP contribution >= 0.6 is 0 Å². The number of hydrogen-bond donors (Lipinski definition) is 0. The minimum absolute atomic E-state index is 0.537. The minimum atomic E-state index is -0.945. The van der Waals surface area contributed by atoms with E-state index in [1.807, 2.05) is 36.4 Å². The maximum atomic E-state index is 11.0. The molecule has 0 bridgehead atoms. The highest BCUT2D eigenvalue weighted by Gasteiger charge is 2.42. The first-order chi connectivity index (χ1) is 40.0. The van der Waals surface area contributed by atoms with E-state index in [0.29, 0.717) is 11.1 Å².